The zero-order valence-corrected chi connectivity index (χ0v) is 18.3. The van der Waals surface area contributed by atoms with E-state index >= 15 is 0 Å². The van der Waals surface area contributed by atoms with Crippen molar-refractivity contribution in [2.75, 3.05) is 21.5 Å². The van der Waals surface area contributed by atoms with Crippen LogP contribution in [0.15, 0.2) is 23.1 Å². The molecule has 2 aliphatic heterocycles. The number of fused-ring (bicyclic) bond motifs is 1. The number of carbonyl (C=O) groups is 1. The Balaban J connectivity index is 1.64. The predicted molar refractivity (Wildman–Crippen MR) is 110 cm³/mol. The third-order valence-corrected chi connectivity index (χ3v) is 8.63. The molecule has 1 saturated heterocycles. The molecular formula is C18H22N4O6S2. The van der Waals surface area contributed by atoms with Crippen LogP contribution < -0.4 is 14.8 Å². The number of aromatic nitrogens is 2. The second-order valence-electron chi connectivity index (χ2n) is 7.57. The van der Waals surface area contributed by atoms with E-state index in [9.17, 15) is 21.6 Å². The van der Waals surface area contributed by atoms with Gasteiger partial charge >= 0.3 is 0 Å². The average Bonchev–Trinajstić information content (AvgIpc) is 3.14. The van der Waals surface area contributed by atoms with Crippen molar-refractivity contribution in [1.29, 1.82) is 0 Å². The van der Waals surface area contributed by atoms with E-state index in [1.807, 2.05) is 0 Å². The molecular weight excluding hydrogens is 432 g/mol. The summed E-state index contributed by atoms with van der Waals surface area (Å²) < 4.78 is 59.3. The number of anilines is 2. The molecule has 3 heterocycles. The summed E-state index contributed by atoms with van der Waals surface area (Å²) in [7, 11) is -7.14. The first kappa shape index (κ1) is 20.7. The van der Waals surface area contributed by atoms with Crippen molar-refractivity contribution in [3.63, 3.8) is 0 Å². The van der Waals surface area contributed by atoms with Gasteiger partial charge in [0.05, 0.1) is 40.3 Å². The molecule has 0 aliphatic carbocycles. The highest BCUT2D eigenvalue weighted by molar-refractivity contribution is 7.92. The zero-order chi connectivity index (χ0) is 21.8. The molecule has 1 aromatic carbocycles. The fraction of sp³-hybridized carbons (Fsp3) is 0.444. The fourth-order valence-electron chi connectivity index (χ4n) is 3.84. The number of hydrogen-bond acceptors (Lipinski definition) is 7. The van der Waals surface area contributed by atoms with Crippen molar-refractivity contribution in [3.8, 4) is 5.75 Å². The highest BCUT2D eigenvalue weighted by Crippen LogP contribution is 2.34. The molecule has 4 rings (SSSR count). The second-order valence-corrected chi connectivity index (χ2v) is 11.4. The molecule has 162 valence electrons. The van der Waals surface area contributed by atoms with Crippen LogP contribution in [0.4, 0.5) is 11.4 Å². The van der Waals surface area contributed by atoms with E-state index in [2.05, 4.69) is 15.1 Å². The summed E-state index contributed by atoms with van der Waals surface area (Å²) in [5.41, 5.74) is 1.29. The van der Waals surface area contributed by atoms with Crippen molar-refractivity contribution in [2.24, 2.45) is 0 Å². The van der Waals surface area contributed by atoms with Gasteiger partial charge in [0.25, 0.3) is 15.9 Å². The van der Waals surface area contributed by atoms with Crippen LogP contribution >= 0.6 is 0 Å². The van der Waals surface area contributed by atoms with Gasteiger partial charge in [-0.2, -0.15) is 5.10 Å². The fourth-order valence-corrected chi connectivity index (χ4v) is 6.98. The molecule has 0 spiro atoms. The lowest BCUT2D eigenvalue weighted by Gasteiger charge is -2.23. The van der Waals surface area contributed by atoms with E-state index in [1.54, 1.807) is 32.9 Å². The highest BCUT2D eigenvalue weighted by atomic mass is 32.2. The lowest BCUT2D eigenvalue weighted by atomic mass is 10.2. The third kappa shape index (κ3) is 3.65. The number of benzene rings is 1. The standard InChI is InChI=1S/C18H22N4O6S2/c1-10-17(11(2)22(20-10)14-6-7-29(24,25)9-14)30(26,27)21-13-4-5-16-15(8-13)19-18(23)12(3)28-16/h4-5,8,12,14,21H,6-7,9H2,1-3H3,(H,19,23)/t12-,14+/m1/s1. The van der Waals surface area contributed by atoms with Gasteiger partial charge in [-0.3, -0.25) is 14.2 Å². The average molecular weight is 455 g/mol. The smallest absolute Gasteiger partial charge is 0.265 e. The Hall–Kier alpha value is -2.60. The maximum absolute atomic E-state index is 13.1. The number of nitrogens with one attached hydrogen (secondary N) is 2. The number of sulfone groups is 1. The van der Waals surface area contributed by atoms with E-state index in [0.29, 0.717) is 23.6 Å². The van der Waals surface area contributed by atoms with Crippen molar-refractivity contribution in [3.05, 3.63) is 29.6 Å². The van der Waals surface area contributed by atoms with Gasteiger partial charge in [0.1, 0.15) is 10.6 Å². The van der Waals surface area contributed by atoms with Crippen molar-refractivity contribution < 1.29 is 26.4 Å². The van der Waals surface area contributed by atoms with Crippen LogP contribution in [0.2, 0.25) is 0 Å². The third-order valence-electron chi connectivity index (χ3n) is 5.24. The minimum Gasteiger partial charge on any atom is -0.479 e. The summed E-state index contributed by atoms with van der Waals surface area (Å²) >= 11 is 0. The number of aryl methyl sites for hydroxylation is 1. The van der Waals surface area contributed by atoms with Crippen LogP contribution in [0.5, 0.6) is 5.75 Å². The first-order valence-electron chi connectivity index (χ1n) is 9.37. The molecule has 0 saturated carbocycles. The number of ether oxygens (including phenoxy) is 1. The van der Waals surface area contributed by atoms with E-state index in [1.165, 1.54) is 10.7 Å². The number of sulfonamides is 1. The summed E-state index contributed by atoms with van der Waals surface area (Å²) in [6.45, 7) is 4.80. The Labute approximate surface area is 174 Å². The monoisotopic (exact) mass is 454 g/mol. The van der Waals surface area contributed by atoms with E-state index in [4.69, 9.17) is 4.74 Å². The molecule has 1 fully saturated rings. The molecule has 2 N–H and O–H groups in total. The second kappa shape index (κ2) is 6.98. The predicted octanol–water partition coefficient (Wildman–Crippen LogP) is 1.38. The van der Waals surface area contributed by atoms with E-state index < -0.39 is 26.0 Å². The van der Waals surface area contributed by atoms with E-state index in [-0.39, 0.29) is 39.7 Å². The quantitative estimate of drug-likeness (QED) is 0.712. The highest BCUT2D eigenvalue weighted by Gasteiger charge is 2.34. The molecule has 10 nitrogen and oxygen atoms in total. The molecule has 2 aromatic rings. The van der Waals surface area contributed by atoms with Crippen LogP contribution in [-0.4, -0.2) is 50.1 Å². The Morgan fingerprint density at radius 2 is 2.03 bits per heavy atom. The number of amides is 1. The molecule has 12 heteroatoms. The van der Waals surface area contributed by atoms with Crippen LogP contribution in [0.1, 0.15) is 30.8 Å². The minimum atomic E-state index is -4.00. The Morgan fingerprint density at radius 1 is 1.30 bits per heavy atom. The van der Waals surface area contributed by atoms with Crippen molar-refractivity contribution >= 4 is 37.1 Å². The van der Waals surface area contributed by atoms with Gasteiger partial charge in [0.15, 0.2) is 15.9 Å². The van der Waals surface area contributed by atoms with Crippen LogP contribution in [0.3, 0.4) is 0 Å². The van der Waals surface area contributed by atoms with Crippen LogP contribution in [0.25, 0.3) is 0 Å². The largest absolute Gasteiger partial charge is 0.479 e. The molecule has 30 heavy (non-hydrogen) atoms. The molecule has 0 radical (unpaired) electrons. The topological polar surface area (TPSA) is 136 Å². The summed E-state index contributed by atoms with van der Waals surface area (Å²) in [5, 5.41) is 6.99. The van der Waals surface area contributed by atoms with Crippen molar-refractivity contribution in [1.82, 2.24) is 9.78 Å². The molecule has 1 amide bonds. The van der Waals surface area contributed by atoms with E-state index in [0.717, 1.165) is 0 Å². The molecule has 2 aliphatic rings. The molecule has 0 unspecified atom stereocenters. The Kier molecular flexibility index (Phi) is 4.81. The lowest BCUT2D eigenvalue weighted by molar-refractivity contribution is -0.122. The molecule has 1 aromatic heterocycles. The van der Waals surface area contributed by atoms with Crippen LogP contribution in [-0.2, 0) is 24.7 Å². The maximum Gasteiger partial charge on any atom is 0.265 e. The number of nitrogens with zero attached hydrogens (tertiary/aromatic N) is 2. The van der Waals surface area contributed by atoms with Gasteiger partial charge in [-0.25, -0.2) is 16.8 Å². The maximum atomic E-state index is 13.1. The SMILES string of the molecule is Cc1nn([C@H]2CCS(=O)(=O)C2)c(C)c1S(=O)(=O)Nc1ccc2c(c1)NC(=O)[C@@H](C)O2. The Morgan fingerprint density at radius 3 is 2.70 bits per heavy atom. The van der Waals surface area contributed by atoms with Crippen molar-refractivity contribution in [2.45, 2.75) is 44.2 Å². The van der Waals surface area contributed by atoms with Gasteiger partial charge < -0.3 is 10.1 Å². The number of carbonyl (C=O) groups excluding carboxylic acids is 1. The van der Waals surface area contributed by atoms with Gasteiger partial charge in [-0.15, -0.1) is 0 Å². The molecule has 0 bridgehead atoms. The first-order chi connectivity index (χ1) is 14.0. The summed E-state index contributed by atoms with van der Waals surface area (Å²) in [6.07, 6.45) is -0.226. The normalized spacial score (nSPS) is 22.8. The Bertz CT molecular complexity index is 1250. The van der Waals surface area contributed by atoms with Crippen LogP contribution in [0, 0.1) is 13.8 Å². The van der Waals surface area contributed by atoms with Gasteiger partial charge in [0.2, 0.25) is 0 Å². The molecule has 2 atom stereocenters. The van der Waals surface area contributed by atoms with Gasteiger partial charge in [-0.05, 0) is 45.4 Å². The summed E-state index contributed by atoms with van der Waals surface area (Å²) in [5.74, 6) is 0.151. The summed E-state index contributed by atoms with van der Waals surface area (Å²) in [6, 6.07) is 4.22. The summed E-state index contributed by atoms with van der Waals surface area (Å²) in [4.78, 5) is 11.8. The number of rotatable bonds is 4. The minimum absolute atomic E-state index is 0.0124. The number of hydrogen-bond donors (Lipinski definition) is 2. The first-order valence-corrected chi connectivity index (χ1v) is 12.7. The van der Waals surface area contributed by atoms with Gasteiger partial charge in [-0.1, -0.05) is 0 Å². The van der Waals surface area contributed by atoms with Gasteiger partial charge in [0, 0.05) is 0 Å². The zero-order valence-electron chi connectivity index (χ0n) is 16.7. The lowest BCUT2D eigenvalue weighted by Crippen LogP contribution is -2.34.